The van der Waals surface area contributed by atoms with Gasteiger partial charge in [-0.25, -0.2) is 9.97 Å². The Kier molecular flexibility index (Phi) is 3.08. The molecule has 2 rings (SSSR count). The van der Waals surface area contributed by atoms with E-state index in [1.807, 2.05) is 7.05 Å². The Morgan fingerprint density at radius 2 is 1.94 bits per heavy atom. The Morgan fingerprint density at radius 3 is 2.53 bits per heavy atom. The molecular formula is C12H17N5. The molecule has 0 aliphatic heterocycles. The molecule has 2 aromatic heterocycles. The van der Waals surface area contributed by atoms with Gasteiger partial charge in [-0.2, -0.15) is 5.10 Å². The SMILES string of the molecule is CC(C)Cc1c(-c2ncccn2)nn(C)c1N. The summed E-state index contributed by atoms with van der Waals surface area (Å²) in [6.07, 6.45) is 4.31. The monoisotopic (exact) mass is 231 g/mol. The van der Waals surface area contributed by atoms with Crippen LogP contribution in [0.5, 0.6) is 0 Å². The van der Waals surface area contributed by atoms with E-state index in [2.05, 4.69) is 28.9 Å². The third-order valence-corrected chi connectivity index (χ3v) is 2.58. The highest BCUT2D eigenvalue weighted by Crippen LogP contribution is 2.26. The summed E-state index contributed by atoms with van der Waals surface area (Å²) in [4.78, 5) is 8.46. The Labute approximate surface area is 101 Å². The molecule has 17 heavy (non-hydrogen) atoms. The maximum absolute atomic E-state index is 6.03. The maximum Gasteiger partial charge on any atom is 0.180 e. The van der Waals surface area contributed by atoms with E-state index in [4.69, 9.17) is 5.73 Å². The van der Waals surface area contributed by atoms with Crippen molar-refractivity contribution in [2.45, 2.75) is 20.3 Å². The molecule has 0 radical (unpaired) electrons. The lowest BCUT2D eigenvalue weighted by Gasteiger charge is -2.05. The van der Waals surface area contributed by atoms with Crippen LogP contribution in [0, 0.1) is 5.92 Å². The van der Waals surface area contributed by atoms with Crippen molar-refractivity contribution in [2.75, 3.05) is 5.73 Å². The number of hydrogen-bond acceptors (Lipinski definition) is 4. The second-order valence-corrected chi connectivity index (χ2v) is 4.51. The topological polar surface area (TPSA) is 69.6 Å². The van der Waals surface area contributed by atoms with E-state index in [-0.39, 0.29) is 0 Å². The summed E-state index contributed by atoms with van der Waals surface area (Å²) in [5, 5.41) is 4.40. The zero-order valence-electron chi connectivity index (χ0n) is 10.4. The molecule has 0 amide bonds. The molecule has 0 saturated carbocycles. The highest BCUT2D eigenvalue weighted by molar-refractivity contribution is 5.62. The number of nitrogen functional groups attached to an aromatic ring is 1. The smallest absolute Gasteiger partial charge is 0.180 e. The number of hydrogen-bond donors (Lipinski definition) is 1. The van der Waals surface area contributed by atoms with Crippen molar-refractivity contribution in [1.29, 1.82) is 0 Å². The summed E-state index contributed by atoms with van der Waals surface area (Å²) in [5.74, 6) is 1.85. The van der Waals surface area contributed by atoms with E-state index in [9.17, 15) is 0 Å². The van der Waals surface area contributed by atoms with E-state index in [0.29, 0.717) is 17.6 Å². The highest BCUT2D eigenvalue weighted by Gasteiger charge is 2.17. The standard InChI is InChI=1S/C12H17N5/c1-8(2)7-9-10(16-17(3)11(9)13)12-14-5-4-6-15-12/h4-6,8H,7,13H2,1-3H3. The fourth-order valence-corrected chi connectivity index (χ4v) is 1.79. The fraction of sp³-hybridized carbons (Fsp3) is 0.417. The Balaban J connectivity index is 2.50. The van der Waals surface area contributed by atoms with Gasteiger partial charge in [-0.3, -0.25) is 4.68 Å². The zero-order chi connectivity index (χ0) is 12.4. The second-order valence-electron chi connectivity index (χ2n) is 4.51. The van der Waals surface area contributed by atoms with Crippen molar-refractivity contribution in [1.82, 2.24) is 19.7 Å². The average molecular weight is 231 g/mol. The van der Waals surface area contributed by atoms with Crippen LogP contribution in [0.1, 0.15) is 19.4 Å². The predicted molar refractivity (Wildman–Crippen MR) is 67.2 cm³/mol. The van der Waals surface area contributed by atoms with Crippen LogP contribution in [0.15, 0.2) is 18.5 Å². The number of nitrogens with two attached hydrogens (primary N) is 1. The van der Waals surface area contributed by atoms with Gasteiger partial charge in [0.1, 0.15) is 11.5 Å². The molecule has 0 aliphatic rings. The molecule has 0 atom stereocenters. The molecule has 0 aliphatic carbocycles. The molecule has 2 aromatic rings. The van der Waals surface area contributed by atoms with Crippen molar-refractivity contribution < 1.29 is 0 Å². The molecule has 0 aromatic carbocycles. The molecule has 2 heterocycles. The molecule has 0 spiro atoms. The molecule has 0 bridgehead atoms. The molecule has 5 nitrogen and oxygen atoms in total. The summed E-state index contributed by atoms with van der Waals surface area (Å²) in [6, 6.07) is 1.79. The summed E-state index contributed by atoms with van der Waals surface area (Å²) in [7, 11) is 1.84. The normalized spacial score (nSPS) is 11.1. The number of aromatic nitrogens is 4. The first-order valence-corrected chi connectivity index (χ1v) is 5.68. The zero-order valence-corrected chi connectivity index (χ0v) is 10.4. The first-order chi connectivity index (χ1) is 8.09. The Bertz CT molecular complexity index is 501. The number of anilines is 1. The van der Waals surface area contributed by atoms with E-state index < -0.39 is 0 Å². The molecule has 90 valence electrons. The van der Waals surface area contributed by atoms with Crippen LogP contribution in [-0.4, -0.2) is 19.7 Å². The lowest BCUT2D eigenvalue weighted by Crippen LogP contribution is -2.02. The van der Waals surface area contributed by atoms with Crippen LogP contribution in [0.4, 0.5) is 5.82 Å². The highest BCUT2D eigenvalue weighted by atomic mass is 15.3. The summed E-state index contributed by atoms with van der Waals surface area (Å²) >= 11 is 0. The molecule has 2 N–H and O–H groups in total. The minimum absolute atomic E-state index is 0.518. The van der Waals surface area contributed by atoms with Gasteiger partial charge >= 0.3 is 0 Å². The number of rotatable bonds is 3. The summed E-state index contributed by atoms with van der Waals surface area (Å²) in [5.41, 5.74) is 7.86. The van der Waals surface area contributed by atoms with Crippen LogP contribution < -0.4 is 5.73 Å². The van der Waals surface area contributed by atoms with Crippen LogP contribution >= 0.6 is 0 Å². The summed E-state index contributed by atoms with van der Waals surface area (Å²) < 4.78 is 1.68. The van der Waals surface area contributed by atoms with Gasteiger partial charge in [0.05, 0.1) is 0 Å². The Hall–Kier alpha value is -1.91. The average Bonchev–Trinajstić information content (AvgIpc) is 2.58. The minimum Gasteiger partial charge on any atom is -0.384 e. The first-order valence-electron chi connectivity index (χ1n) is 5.68. The molecule has 0 saturated heterocycles. The molecule has 5 heteroatoms. The van der Waals surface area contributed by atoms with Gasteiger partial charge < -0.3 is 5.73 Å². The van der Waals surface area contributed by atoms with Gasteiger partial charge in [0.15, 0.2) is 5.82 Å². The summed E-state index contributed by atoms with van der Waals surface area (Å²) in [6.45, 7) is 4.31. The second kappa shape index (κ2) is 4.53. The van der Waals surface area contributed by atoms with Crippen molar-refractivity contribution >= 4 is 5.82 Å². The third kappa shape index (κ3) is 2.27. The van der Waals surface area contributed by atoms with Gasteiger partial charge in [0.25, 0.3) is 0 Å². The maximum atomic E-state index is 6.03. The fourth-order valence-electron chi connectivity index (χ4n) is 1.79. The van der Waals surface area contributed by atoms with Crippen molar-refractivity contribution in [3.05, 3.63) is 24.0 Å². The van der Waals surface area contributed by atoms with Crippen molar-refractivity contribution in [3.8, 4) is 11.5 Å². The van der Waals surface area contributed by atoms with Gasteiger partial charge in [-0.05, 0) is 18.4 Å². The molecule has 0 fully saturated rings. The molecular weight excluding hydrogens is 214 g/mol. The van der Waals surface area contributed by atoms with Gasteiger partial charge in [-0.15, -0.1) is 0 Å². The third-order valence-electron chi connectivity index (χ3n) is 2.58. The van der Waals surface area contributed by atoms with Crippen LogP contribution in [0.25, 0.3) is 11.5 Å². The van der Waals surface area contributed by atoms with Crippen LogP contribution in [0.3, 0.4) is 0 Å². The van der Waals surface area contributed by atoms with E-state index in [0.717, 1.165) is 17.7 Å². The largest absolute Gasteiger partial charge is 0.384 e. The first kappa shape index (κ1) is 11.6. The lowest BCUT2D eigenvalue weighted by atomic mass is 10.0. The Morgan fingerprint density at radius 1 is 1.29 bits per heavy atom. The van der Waals surface area contributed by atoms with Gasteiger partial charge in [-0.1, -0.05) is 13.8 Å². The van der Waals surface area contributed by atoms with Crippen molar-refractivity contribution in [3.63, 3.8) is 0 Å². The van der Waals surface area contributed by atoms with Crippen LogP contribution in [-0.2, 0) is 13.5 Å². The number of aryl methyl sites for hydroxylation is 1. The van der Waals surface area contributed by atoms with E-state index in [1.165, 1.54) is 0 Å². The van der Waals surface area contributed by atoms with Crippen molar-refractivity contribution in [2.24, 2.45) is 13.0 Å². The van der Waals surface area contributed by atoms with E-state index >= 15 is 0 Å². The lowest BCUT2D eigenvalue weighted by molar-refractivity contribution is 0.648. The van der Waals surface area contributed by atoms with Gasteiger partial charge in [0.2, 0.25) is 0 Å². The van der Waals surface area contributed by atoms with E-state index in [1.54, 1.807) is 23.1 Å². The molecule has 0 unspecified atom stereocenters. The minimum atomic E-state index is 0.518. The van der Waals surface area contributed by atoms with Gasteiger partial charge in [0, 0.05) is 25.0 Å². The number of nitrogens with zero attached hydrogens (tertiary/aromatic N) is 4. The quantitative estimate of drug-likeness (QED) is 0.872. The van der Waals surface area contributed by atoms with Crippen LogP contribution in [0.2, 0.25) is 0 Å². The predicted octanol–water partition coefficient (Wildman–Crippen LogP) is 1.66.